The fourth-order valence-corrected chi connectivity index (χ4v) is 6.14. The molecule has 0 saturated heterocycles. The van der Waals surface area contributed by atoms with E-state index in [1.807, 2.05) is 11.8 Å². The van der Waals surface area contributed by atoms with Gasteiger partial charge < -0.3 is 9.30 Å². The van der Waals surface area contributed by atoms with Gasteiger partial charge in [0, 0.05) is 47.5 Å². The van der Waals surface area contributed by atoms with Gasteiger partial charge in [0.25, 0.3) is 0 Å². The van der Waals surface area contributed by atoms with E-state index in [4.69, 9.17) is 4.74 Å². The molecule has 2 nitrogen and oxygen atoms in total. The SMILES string of the molecule is Cn1c2c(c3ccccc31)C1(CCS2)Cc2ccc3ccccc3c2O1. The first-order valence-corrected chi connectivity index (χ1v) is 10.2. The second-order valence-electron chi connectivity index (χ2n) is 7.40. The molecule has 1 atom stereocenters. The molecule has 0 N–H and O–H groups in total. The van der Waals surface area contributed by atoms with E-state index in [1.165, 1.54) is 37.8 Å². The van der Waals surface area contributed by atoms with Crippen LogP contribution >= 0.6 is 11.8 Å². The number of aromatic nitrogens is 1. The van der Waals surface area contributed by atoms with Crippen LogP contribution in [0.25, 0.3) is 21.7 Å². The molecule has 0 radical (unpaired) electrons. The van der Waals surface area contributed by atoms with Crippen molar-refractivity contribution in [1.29, 1.82) is 0 Å². The summed E-state index contributed by atoms with van der Waals surface area (Å²) in [7, 11) is 2.19. The zero-order chi connectivity index (χ0) is 17.3. The third-order valence-corrected chi connectivity index (χ3v) is 7.15. The predicted molar refractivity (Wildman–Crippen MR) is 108 cm³/mol. The Hall–Kier alpha value is -2.39. The van der Waals surface area contributed by atoms with Crippen molar-refractivity contribution in [2.45, 2.75) is 23.5 Å². The van der Waals surface area contributed by atoms with Gasteiger partial charge in [-0.3, -0.25) is 0 Å². The fraction of sp³-hybridized carbons (Fsp3) is 0.217. The molecule has 1 spiro atoms. The van der Waals surface area contributed by atoms with Crippen LogP contribution in [0.15, 0.2) is 65.7 Å². The average Bonchev–Trinajstić information content (AvgIpc) is 3.19. The molecule has 0 saturated carbocycles. The molecule has 0 fully saturated rings. The summed E-state index contributed by atoms with van der Waals surface area (Å²) >= 11 is 1.97. The molecular weight excluding hydrogens is 338 g/mol. The average molecular weight is 357 g/mol. The summed E-state index contributed by atoms with van der Waals surface area (Å²) in [6.07, 6.45) is 2.02. The Morgan fingerprint density at radius 1 is 0.962 bits per heavy atom. The van der Waals surface area contributed by atoms with Gasteiger partial charge in [0.2, 0.25) is 0 Å². The Morgan fingerprint density at radius 2 is 1.77 bits per heavy atom. The van der Waals surface area contributed by atoms with Crippen molar-refractivity contribution < 1.29 is 4.74 Å². The number of nitrogens with zero attached hydrogens (tertiary/aromatic N) is 1. The predicted octanol–water partition coefficient (Wildman–Crippen LogP) is 5.66. The van der Waals surface area contributed by atoms with Crippen molar-refractivity contribution in [3.05, 3.63) is 71.8 Å². The number of fused-ring (bicyclic) bond motifs is 7. The maximum absolute atomic E-state index is 6.87. The number of ether oxygens (including phenoxy) is 1. The zero-order valence-electron chi connectivity index (χ0n) is 14.7. The minimum Gasteiger partial charge on any atom is -0.481 e. The van der Waals surface area contributed by atoms with Crippen LogP contribution in [-0.2, 0) is 19.1 Å². The lowest BCUT2D eigenvalue weighted by atomic mass is 9.86. The monoisotopic (exact) mass is 357 g/mol. The van der Waals surface area contributed by atoms with Crippen LogP contribution in [0.3, 0.4) is 0 Å². The van der Waals surface area contributed by atoms with E-state index in [-0.39, 0.29) is 5.60 Å². The largest absolute Gasteiger partial charge is 0.481 e. The van der Waals surface area contributed by atoms with E-state index in [0.717, 1.165) is 24.3 Å². The number of thioether (sulfide) groups is 1. The van der Waals surface area contributed by atoms with Crippen molar-refractivity contribution >= 4 is 33.4 Å². The van der Waals surface area contributed by atoms with Gasteiger partial charge in [0.15, 0.2) is 0 Å². The molecule has 3 heteroatoms. The molecule has 1 aromatic heterocycles. The number of hydrogen-bond donors (Lipinski definition) is 0. The van der Waals surface area contributed by atoms with Gasteiger partial charge in [-0.15, -0.1) is 11.8 Å². The Bertz CT molecular complexity index is 1190. The highest BCUT2D eigenvalue weighted by molar-refractivity contribution is 7.99. The van der Waals surface area contributed by atoms with E-state index >= 15 is 0 Å². The van der Waals surface area contributed by atoms with Gasteiger partial charge in [-0.25, -0.2) is 0 Å². The molecule has 6 rings (SSSR count). The summed E-state index contributed by atoms with van der Waals surface area (Å²) in [5.74, 6) is 2.19. The Labute approximate surface area is 156 Å². The number of hydrogen-bond acceptors (Lipinski definition) is 2. The molecule has 1 unspecified atom stereocenters. The van der Waals surface area contributed by atoms with Gasteiger partial charge in [-0.2, -0.15) is 0 Å². The first-order valence-electron chi connectivity index (χ1n) is 9.17. The third kappa shape index (κ3) is 1.79. The molecule has 3 aromatic carbocycles. The summed E-state index contributed by atoms with van der Waals surface area (Å²) < 4.78 is 9.22. The van der Waals surface area contributed by atoms with Gasteiger partial charge in [-0.1, -0.05) is 54.6 Å². The van der Waals surface area contributed by atoms with E-state index in [2.05, 4.69) is 72.3 Å². The van der Waals surface area contributed by atoms with Crippen LogP contribution in [0.1, 0.15) is 17.5 Å². The Balaban J connectivity index is 1.62. The van der Waals surface area contributed by atoms with E-state index in [0.29, 0.717) is 0 Å². The van der Waals surface area contributed by atoms with Crippen LogP contribution in [-0.4, -0.2) is 10.3 Å². The number of benzene rings is 3. The molecular formula is C23H19NOS. The molecule has 26 heavy (non-hydrogen) atoms. The van der Waals surface area contributed by atoms with Crippen LogP contribution in [0.5, 0.6) is 5.75 Å². The highest BCUT2D eigenvalue weighted by Gasteiger charge is 2.47. The highest BCUT2D eigenvalue weighted by Crippen LogP contribution is 2.54. The van der Waals surface area contributed by atoms with Gasteiger partial charge in [-0.05, 0) is 17.0 Å². The van der Waals surface area contributed by atoms with Crippen LogP contribution in [0, 0.1) is 0 Å². The second kappa shape index (κ2) is 5.08. The van der Waals surface area contributed by atoms with Crippen molar-refractivity contribution in [1.82, 2.24) is 4.57 Å². The van der Waals surface area contributed by atoms with Crippen molar-refractivity contribution in [3.8, 4) is 5.75 Å². The topological polar surface area (TPSA) is 14.2 Å². The Kier molecular flexibility index (Phi) is 2.88. The first kappa shape index (κ1) is 14.7. The smallest absolute Gasteiger partial charge is 0.142 e. The van der Waals surface area contributed by atoms with Crippen molar-refractivity contribution in [2.24, 2.45) is 7.05 Å². The highest BCUT2D eigenvalue weighted by atomic mass is 32.2. The molecule has 3 heterocycles. The molecule has 0 amide bonds. The lowest BCUT2D eigenvalue weighted by Crippen LogP contribution is -2.35. The number of rotatable bonds is 0. The minimum atomic E-state index is -0.228. The normalized spacial score (nSPS) is 21.1. The molecule has 2 aliphatic heterocycles. The summed E-state index contributed by atoms with van der Waals surface area (Å²) in [4.78, 5) is 0. The summed E-state index contributed by atoms with van der Waals surface area (Å²) in [5.41, 5.74) is 3.81. The van der Waals surface area contributed by atoms with Gasteiger partial charge >= 0.3 is 0 Å². The summed E-state index contributed by atoms with van der Waals surface area (Å²) in [5, 5.41) is 5.21. The Morgan fingerprint density at radius 3 is 2.69 bits per heavy atom. The summed E-state index contributed by atoms with van der Waals surface area (Å²) in [6.45, 7) is 0. The number of para-hydroxylation sites is 1. The van der Waals surface area contributed by atoms with E-state index < -0.39 is 0 Å². The molecule has 0 bridgehead atoms. The molecule has 2 aliphatic rings. The standard InChI is InChI=1S/C23H19NOS/c1-24-19-9-5-4-8-18(19)20-22(24)26-13-12-23(20)14-16-11-10-15-6-2-3-7-17(15)21(16)25-23/h2-11H,12-14H2,1H3. The lowest BCUT2D eigenvalue weighted by Gasteiger charge is -2.33. The van der Waals surface area contributed by atoms with E-state index in [1.54, 1.807) is 0 Å². The first-order chi connectivity index (χ1) is 12.8. The van der Waals surface area contributed by atoms with Crippen LogP contribution in [0.4, 0.5) is 0 Å². The fourth-order valence-electron chi connectivity index (χ4n) is 4.78. The van der Waals surface area contributed by atoms with Crippen LogP contribution in [0.2, 0.25) is 0 Å². The van der Waals surface area contributed by atoms with E-state index in [9.17, 15) is 0 Å². The number of aryl methyl sites for hydroxylation is 1. The minimum absolute atomic E-state index is 0.228. The zero-order valence-corrected chi connectivity index (χ0v) is 15.5. The quantitative estimate of drug-likeness (QED) is 0.403. The molecule has 4 aromatic rings. The van der Waals surface area contributed by atoms with Crippen molar-refractivity contribution in [3.63, 3.8) is 0 Å². The third-order valence-electron chi connectivity index (χ3n) is 5.99. The molecule has 0 aliphatic carbocycles. The van der Waals surface area contributed by atoms with Gasteiger partial charge in [0.1, 0.15) is 11.4 Å². The van der Waals surface area contributed by atoms with Crippen molar-refractivity contribution in [2.75, 3.05) is 5.75 Å². The summed E-state index contributed by atoms with van der Waals surface area (Å²) in [6, 6.07) is 21.8. The lowest BCUT2D eigenvalue weighted by molar-refractivity contribution is 0.0873. The molecule has 128 valence electrons. The van der Waals surface area contributed by atoms with Crippen LogP contribution < -0.4 is 4.74 Å². The maximum atomic E-state index is 6.87. The van der Waals surface area contributed by atoms with Gasteiger partial charge in [0.05, 0.1) is 5.03 Å². The second-order valence-corrected chi connectivity index (χ2v) is 8.49. The maximum Gasteiger partial charge on any atom is 0.142 e.